The lowest BCUT2D eigenvalue weighted by Gasteiger charge is -2.37. The van der Waals surface area contributed by atoms with E-state index in [9.17, 15) is 4.79 Å². The molecule has 1 aliphatic rings. The fraction of sp³-hybridized carbons (Fsp3) is 0.429. The second-order valence-corrected chi connectivity index (χ2v) is 5.51. The molecule has 6 nitrogen and oxygen atoms in total. The van der Waals surface area contributed by atoms with Gasteiger partial charge >= 0.3 is 5.97 Å². The summed E-state index contributed by atoms with van der Waals surface area (Å²) in [6.07, 6.45) is 0. The molecule has 20 heavy (non-hydrogen) atoms. The molecule has 2 aromatic rings. The molecule has 6 heteroatoms. The lowest BCUT2D eigenvalue weighted by Crippen LogP contribution is -2.48. The van der Waals surface area contributed by atoms with Crippen LogP contribution in [0.5, 0.6) is 0 Å². The van der Waals surface area contributed by atoms with Gasteiger partial charge < -0.3 is 19.2 Å². The second kappa shape index (κ2) is 4.49. The molecule has 1 aliphatic heterocycles. The smallest absolute Gasteiger partial charge is 0.335 e. The Kier molecular flexibility index (Phi) is 2.90. The van der Waals surface area contributed by atoms with Crippen molar-refractivity contribution in [1.29, 1.82) is 0 Å². The number of carboxylic acids is 1. The number of benzene rings is 1. The van der Waals surface area contributed by atoms with Gasteiger partial charge in [0, 0.05) is 6.54 Å². The molecule has 1 aromatic heterocycles. The molecule has 106 valence electrons. The summed E-state index contributed by atoms with van der Waals surface area (Å²) in [5.74, 6) is -0.975. The maximum absolute atomic E-state index is 10.9. The Bertz CT molecular complexity index is 662. The van der Waals surface area contributed by atoms with Crippen molar-refractivity contribution in [1.82, 2.24) is 4.98 Å². The number of rotatable bonds is 2. The molecule has 1 saturated heterocycles. The monoisotopic (exact) mass is 276 g/mol. The number of aromatic carboxylic acids is 1. The lowest BCUT2D eigenvalue weighted by molar-refractivity contribution is -0.0289. The predicted molar refractivity (Wildman–Crippen MR) is 73.2 cm³/mol. The highest BCUT2D eigenvalue weighted by molar-refractivity contribution is 5.92. The maximum atomic E-state index is 10.9. The highest BCUT2D eigenvalue weighted by Gasteiger charge is 2.29. The molecular formula is C14H16N2O4. The zero-order valence-electron chi connectivity index (χ0n) is 11.4. The van der Waals surface area contributed by atoms with E-state index in [4.69, 9.17) is 14.3 Å². The van der Waals surface area contributed by atoms with Crippen LogP contribution in [0.1, 0.15) is 24.2 Å². The molecule has 2 heterocycles. The van der Waals surface area contributed by atoms with E-state index < -0.39 is 5.97 Å². The van der Waals surface area contributed by atoms with Gasteiger partial charge in [0.05, 0.1) is 24.3 Å². The number of oxazole rings is 1. The molecule has 3 rings (SSSR count). The predicted octanol–water partition coefficient (Wildman–Crippen LogP) is 2.14. The number of nitrogens with zero attached hydrogens (tertiary/aromatic N) is 2. The summed E-state index contributed by atoms with van der Waals surface area (Å²) >= 11 is 0. The Morgan fingerprint density at radius 2 is 2.25 bits per heavy atom. The van der Waals surface area contributed by atoms with Crippen molar-refractivity contribution in [2.45, 2.75) is 19.4 Å². The maximum Gasteiger partial charge on any atom is 0.335 e. The van der Waals surface area contributed by atoms with Crippen LogP contribution in [0.15, 0.2) is 22.6 Å². The van der Waals surface area contributed by atoms with E-state index in [1.54, 1.807) is 6.07 Å². The number of hydrogen-bond acceptors (Lipinski definition) is 5. The van der Waals surface area contributed by atoms with Crippen LogP contribution >= 0.6 is 0 Å². The van der Waals surface area contributed by atoms with Crippen molar-refractivity contribution >= 4 is 23.1 Å². The summed E-state index contributed by atoms with van der Waals surface area (Å²) in [7, 11) is 0. The average molecular weight is 276 g/mol. The molecule has 0 radical (unpaired) electrons. The minimum absolute atomic E-state index is 0.197. The van der Waals surface area contributed by atoms with Crippen molar-refractivity contribution in [2.75, 3.05) is 24.6 Å². The van der Waals surface area contributed by atoms with Gasteiger partial charge in [-0.3, -0.25) is 0 Å². The Morgan fingerprint density at radius 3 is 2.95 bits per heavy atom. The van der Waals surface area contributed by atoms with Crippen molar-refractivity contribution in [3.63, 3.8) is 0 Å². The van der Waals surface area contributed by atoms with Crippen LogP contribution in [0.3, 0.4) is 0 Å². The third-order valence-corrected chi connectivity index (χ3v) is 3.32. The molecular weight excluding hydrogens is 260 g/mol. The van der Waals surface area contributed by atoms with Gasteiger partial charge in [-0.25, -0.2) is 4.79 Å². The lowest BCUT2D eigenvalue weighted by atomic mass is 10.1. The number of carbonyl (C=O) groups is 1. The number of hydrogen-bond donors (Lipinski definition) is 1. The topological polar surface area (TPSA) is 75.8 Å². The Morgan fingerprint density at radius 1 is 1.45 bits per heavy atom. The quantitative estimate of drug-likeness (QED) is 0.905. The van der Waals surface area contributed by atoms with Crippen LogP contribution in [-0.2, 0) is 4.74 Å². The molecule has 0 bridgehead atoms. The van der Waals surface area contributed by atoms with Gasteiger partial charge in [-0.05, 0) is 32.0 Å². The van der Waals surface area contributed by atoms with Gasteiger partial charge in [-0.2, -0.15) is 4.98 Å². The van der Waals surface area contributed by atoms with Crippen molar-refractivity contribution in [2.24, 2.45) is 0 Å². The van der Waals surface area contributed by atoms with Gasteiger partial charge in [-0.15, -0.1) is 0 Å². The molecule has 0 amide bonds. The number of anilines is 1. The van der Waals surface area contributed by atoms with Crippen molar-refractivity contribution in [3.05, 3.63) is 23.8 Å². The zero-order valence-corrected chi connectivity index (χ0v) is 11.4. The van der Waals surface area contributed by atoms with E-state index in [1.165, 1.54) is 12.1 Å². The molecule has 1 fully saturated rings. The number of fused-ring (bicyclic) bond motifs is 1. The highest BCUT2D eigenvalue weighted by atomic mass is 16.5. The largest absolute Gasteiger partial charge is 0.478 e. The molecule has 1 aromatic carbocycles. The van der Waals surface area contributed by atoms with Crippen LogP contribution in [0.4, 0.5) is 6.01 Å². The van der Waals surface area contributed by atoms with Crippen LogP contribution in [0, 0.1) is 0 Å². The first-order valence-corrected chi connectivity index (χ1v) is 6.47. The first-order valence-electron chi connectivity index (χ1n) is 6.47. The standard InChI is InChI=1S/C14H16N2O4/c1-14(2)8-16(5-6-19-14)13-15-10-4-3-9(12(17)18)7-11(10)20-13/h3-4,7H,5-6,8H2,1-2H3,(H,17,18). The summed E-state index contributed by atoms with van der Waals surface area (Å²) < 4.78 is 11.3. The average Bonchev–Trinajstić information content (AvgIpc) is 2.80. The van der Waals surface area contributed by atoms with Crippen LogP contribution in [-0.4, -0.2) is 41.4 Å². The molecule has 0 saturated carbocycles. The Labute approximate surface area is 116 Å². The van der Waals surface area contributed by atoms with Gasteiger partial charge in [0.1, 0.15) is 5.52 Å². The fourth-order valence-electron chi connectivity index (χ4n) is 2.36. The minimum Gasteiger partial charge on any atom is -0.478 e. The third kappa shape index (κ3) is 2.34. The first kappa shape index (κ1) is 12.9. The van der Waals surface area contributed by atoms with E-state index in [0.717, 1.165) is 0 Å². The van der Waals surface area contributed by atoms with Crippen LogP contribution in [0.2, 0.25) is 0 Å². The van der Waals surface area contributed by atoms with E-state index in [2.05, 4.69) is 4.98 Å². The van der Waals surface area contributed by atoms with Crippen molar-refractivity contribution in [3.8, 4) is 0 Å². The fourth-order valence-corrected chi connectivity index (χ4v) is 2.36. The Balaban J connectivity index is 1.94. The summed E-state index contributed by atoms with van der Waals surface area (Å²) in [6, 6.07) is 5.20. The van der Waals surface area contributed by atoms with Gasteiger partial charge in [0.15, 0.2) is 5.58 Å². The van der Waals surface area contributed by atoms with Crippen LogP contribution < -0.4 is 4.90 Å². The summed E-state index contributed by atoms with van der Waals surface area (Å²) in [4.78, 5) is 17.4. The van der Waals surface area contributed by atoms with Gasteiger partial charge in [0.2, 0.25) is 0 Å². The normalized spacial score (nSPS) is 18.4. The van der Waals surface area contributed by atoms with E-state index >= 15 is 0 Å². The van der Waals surface area contributed by atoms with E-state index in [-0.39, 0.29) is 11.2 Å². The number of aromatic nitrogens is 1. The zero-order chi connectivity index (χ0) is 14.3. The first-order chi connectivity index (χ1) is 9.44. The van der Waals surface area contributed by atoms with Crippen molar-refractivity contribution < 1.29 is 19.1 Å². The molecule has 0 aliphatic carbocycles. The molecule has 0 atom stereocenters. The number of morpholine rings is 1. The van der Waals surface area contributed by atoms with Gasteiger partial charge in [0.25, 0.3) is 6.01 Å². The Hall–Kier alpha value is -2.08. The minimum atomic E-state index is -0.975. The van der Waals surface area contributed by atoms with E-state index in [0.29, 0.717) is 36.8 Å². The van der Waals surface area contributed by atoms with E-state index in [1.807, 2.05) is 18.7 Å². The molecule has 0 unspecified atom stereocenters. The highest BCUT2D eigenvalue weighted by Crippen LogP contribution is 2.26. The SMILES string of the molecule is CC1(C)CN(c2nc3ccc(C(=O)O)cc3o2)CCO1. The van der Waals surface area contributed by atoms with Gasteiger partial charge in [-0.1, -0.05) is 0 Å². The third-order valence-electron chi connectivity index (χ3n) is 3.32. The molecule has 0 spiro atoms. The summed E-state index contributed by atoms with van der Waals surface area (Å²) in [5.41, 5.74) is 1.10. The molecule has 1 N–H and O–H groups in total. The summed E-state index contributed by atoms with van der Waals surface area (Å²) in [5, 5.41) is 8.98. The second-order valence-electron chi connectivity index (χ2n) is 5.51. The van der Waals surface area contributed by atoms with Crippen LogP contribution in [0.25, 0.3) is 11.1 Å². The summed E-state index contributed by atoms with van der Waals surface area (Å²) in [6.45, 7) is 6.05. The number of carboxylic acid groups (broad SMARTS) is 1. The number of ether oxygens (including phenoxy) is 1.